The van der Waals surface area contributed by atoms with E-state index in [1.54, 1.807) is 0 Å². The Hall–Kier alpha value is -4.57. The summed E-state index contributed by atoms with van der Waals surface area (Å²) in [5.74, 6) is 0. The number of nitrogens with zero attached hydrogens (tertiary/aromatic N) is 4. The molecule has 0 spiro atoms. The maximum absolute atomic E-state index is 5.09. The number of pyridine rings is 3. The van der Waals surface area contributed by atoms with Crippen molar-refractivity contribution in [2.24, 2.45) is 0 Å². The monoisotopic (exact) mass is 446 g/mol. The minimum Gasteiger partial charge on any atom is -0.274 e. The lowest BCUT2D eigenvalue weighted by molar-refractivity contribution is 1.22. The molecular weight excluding hydrogens is 428 g/mol. The lowest BCUT2D eigenvalue weighted by Gasteiger charge is -2.08. The van der Waals surface area contributed by atoms with Gasteiger partial charge in [-0.25, -0.2) is 9.97 Å². The topological polar surface area (TPSA) is 43.1 Å². The average molecular weight is 447 g/mol. The normalized spacial score (nSPS) is 13.5. The zero-order chi connectivity index (χ0) is 22.7. The van der Waals surface area contributed by atoms with Crippen molar-refractivity contribution in [1.82, 2.24) is 19.4 Å². The molecule has 0 amide bonds. The predicted octanol–water partition coefficient (Wildman–Crippen LogP) is 6.73. The Morgan fingerprint density at radius 3 is 2.20 bits per heavy atom. The summed E-state index contributed by atoms with van der Waals surface area (Å²) in [6.07, 6.45) is 5.66. The fourth-order valence-electron chi connectivity index (χ4n) is 6.35. The number of benzene rings is 3. The lowest BCUT2D eigenvalue weighted by Crippen LogP contribution is -1.95. The van der Waals surface area contributed by atoms with Crippen LogP contribution in [0.3, 0.4) is 0 Å². The van der Waals surface area contributed by atoms with E-state index in [-0.39, 0.29) is 0 Å². The highest BCUT2D eigenvalue weighted by molar-refractivity contribution is 6.11. The molecule has 2 aliphatic carbocycles. The van der Waals surface area contributed by atoms with Gasteiger partial charge in [-0.2, -0.15) is 0 Å². The molecule has 4 nitrogen and oxygen atoms in total. The second kappa shape index (κ2) is 6.10. The van der Waals surface area contributed by atoms with Crippen LogP contribution in [0.4, 0.5) is 0 Å². The molecular formula is C31H18N4. The minimum absolute atomic E-state index is 0.870. The maximum Gasteiger partial charge on any atom is 0.166 e. The van der Waals surface area contributed by atoms with E-state index in [1.165, 1.54) is 44.5 Å². The van der Waals surface area contributed by atoms with Crippen LogP contribution in [0.15, 0.2) is 85.2 Å². The predicted molar refractivity (Wildman–Crippen MR) is 140 cm³/mol. The first-order valence-corrected chi connectivity index (χ1v) is 12.0. The van der Waals surface area contributed by atoms with Crippen LogP contribution in [-0.4, -0.2) is 19.4 Å². The number of rotatable bonds is 0. The van der Waals surface area contributed by atoms with E-state index in [2.05, 4.69) is 65.1 Å². The molecule has 0 fully saturated rings. The molecule has 0 bridgehead atoms. The summed E-state index contributed by atoms with van der Waals surface area (Å²) < 4.78 is 2.20. The first kappa shape index (κ1) is 17.8. The van der Waals surface area contributed by atoms with Crippen LogP contribution in [0.1, 0.15) is 22.3 Å². The van der Waals surface area contributed by atoms with Gasteiger partial charge in [-0.3, -0.25) is 9.38 Å². The summed E-state index contributed by atoms with van der Waals surface area (Å²) in [6, 6.07) is 26.5. The smallest absolute Gasteiger partial charge is 0.166 e. The first-order valence-electron chi connectivity index (χ1n) is 12.0. The maximum atomic E-state index is 5.09. The van der Waals surface area contributed by atoms with Crippen LogP contribution in [0.2, 0.25) is 0 Å². The largest absolute Gasteiger partial charge is 0.274 e. The molecule has 35 heavy (non-hydrogen) atoms. The highest BCUT2D eigenvalue weighted by atomic mass is 15.1. The molecule has 0 unspecified atom stereocenters. The van der Waals surface area contributed by atoms with Gasteiger partial charge in [-0.15, -0.1) is 0 Å². The number of hydrogen-bond acceptors (Lipinski definition) is 3. The standard InChI is InChI=1S/C31H18N4/c1-2-6-21-17(5-1)11-18-14-25-19(13-24(18)21)12-20-15-27-28(16-26(20)25)35-30-23(8-4-10-33-30)22-7-3-9-32-29(22)31(35)34-27/h1-10,13-16H,11-12H2. The van der Waals surface area contributed by atoms with Gasteiger partial charge in [0.25, 0.3) is 0 Å². The van der Waals surface area contributed by atoms with E-state index in [0.717, 1.165) is 51.5 Å². The van der Waals surface area contributed by atoms with Crippen LogP contribution >= 0.6 is 0 Å². The Labute approximate surface area is 200 Å². The summed E-state index contributed by atoms with van der Waals surface area (Å²) >= 11 is 0. The van der Waals surface area contributed by atoms with Crippen LogP contribution in [-0.2, 0) is 12.8 Å². The number of fused-ring (bicyclic) bond motifs is 14. The fourth-order valence-corrected chi connectivity index (χ4v) is 6.35. The SMILES string of the molecule is c1ccc2c(c1)Cc1cc3c(cc1-2)Cc1cc2nc4c5ncccc5c5cccnc5n4c2cc1-3. The van der Waals surface area contributed by atoms with Gasteiger partial charge in [0, 0.05) is 23.2 Å². The third-order valence-electron chi connectivity index (χ3n) is 7.88. The fraction of sp³-hybridized carbons (Fsp3) is 0.0645. The van der Waals surface area contributed by atoms with Gasteiger partial charge in [0.1, 0.15) is 11.2 Å². The highest BCUT2D eigenvalue weighted by Crippen LogP contribution is 2.46. The van der Waals surface area contributed by atoms with Gasteiger partial charge < -0.3 is 0 Å². The van der Waals surface area contributed by atoms with Gasteiger partial charge in [0.05, 0.1) is 11.0 Å². The van der Waals surface area contributed by atoms with Crippen molar-refractivity contribution in [3.05, 3.63) is 107 Å². The zero-order valence-corrected chi connectivity index (χ0v) is 18.8. The van der Waals surface area contributed by atoms with Gasteiger partial charge in [0.15, 0.2) is 5.65 Å². The van der Waals surface area contributed by atoms with E-state index in [0.29, 0.717) is 0 Å². The number of hydrogen-bond donors (Lipinski definition) is 0. The molecule has 7 aromatic rings. The Bertz CT molecular complexity index is 2070. The van der Waals surface area contributed by atoms with Gasteiger partial charge >= 0.3 is 0 Å². The van der Waals surface area contributed by atoms with Gasteiger partial charge in [0.2, 0.25) is 0 Å². The van der Waals surface area contributed by atoms with Crippen molar-refractivity contribution in [1.29, 1.82) is 0 Å². The highest BCUT2D eigenvalue weighted by Gasteiger charge is 2.26. The molecule has 162 valence electrons. The first-order chi connectivity index (χ1) is 17.3. The zero-order valence-electron chi connectivity index (χ0n) is 18.8. The summed E-state index contributed by atoms with van der Waals surface area (Å²) in [5.41, 5.74) is 15.9. The van der Waals surface area contributed by atoms with Gasteiger partial charge in [-0.05, 0) is 99.8 Å². The van der Waals surface area contributed by atoms with Crippen LogP contribution < -0.4 is 0 Å². The third kappa shape index (κ3) is 2.20. The Morgan fingerprint density at radius 2 is 1.29 bits per heavy atom. The number of aromatic nitrogens is 4. The van der Waals surface area contributed by atoms with E-state index in [4.69, 9.17) is 15.0 Å². The van der Waals surface area contributed by atoms with Crippen LogP contribution in [0.25, 0.3) is 60.9 Å². The van der Waals surface area contributed by atoms with E-state index >= 15 is 0 Å². The Morgan fingerprint density at radius 1 is 0.571 bits per heavy atom. The van der Waals surface area contributed by atoms with E-state index in [9.17, 15) is 0 Å². The molecule has 4 heteroatoms. The Balaban J connectivity index is 1.35. The van der Waals surface area contributed by atoms with Crippen molar-refractivity contribution < 1.29 is 0 Å². The molecule has 2 aliphatic rings. The summed E-state index contributed by atoms with van der Waals surface area (Å²) in [5, 5.41) is 2.19. The minimum atomic E-state index is 0.870. The molecule has 9 rings (SSSR count). The molecule has 0 atom stereocenters. The van der Waals surface area contributed by atoms with Crippen LogP contribution in [0.5, 0.6) is 0 Å². The van der Waals surface area contributed by atoms with Crippen LogP contribution in [0, 0.1) is 0 Å². The lowest BCUT2D eigenvalue weighted by atomic mass is 9.98. The molecule has 0 aliphatic heterocycles. The van der Waals surface area contributed by atoms with Crippen molar-refractivity contribution in [2.45, 2.75) is 12.8 Å². The molecule has 0 saturated carbocycles. The molecule has 4 aromatic heterocycles. The second-order valence-electron chi connectivity index (χ2n) is 9.72. The number of imidazole rings is 1. The van der Waals surface area contributed by atoms with E-state index < -0.39 is 0 Å². The van der Waals surface area contributed by atoms with Crippen molar-refractivity contribution in [2.75, 3.05) is 0 Å². The van der Waals surface area contributed by atoms with Crippen molar-refractivity contribution in [3.8, 4) is 22.3 Å². The average Bonchev–Trinajstić information content (AvgIpc) is 3.56. The summed E-state index contributed by atoms with van der Waals surface area (Å²) in [4.78, 5) is 14.6. The molecule has 3 aromatic carbocycles. The van der Waals surface area contributed by atoms with Gasteiger partial charge in [-0.1, -0.05) is 30.3 Å². The van der Waals surface area contributed by atoms with Crippen molar-refractivity contribution >= 4 is 38.6 Å². The van der Waals surface area contributed by atoms with Crippen molar-refractivity contribution in [3.63, 3.8) is 0 Å². The second-order valence-corrected chi connectivity index (χ2v) is 9.72. The Kier molecular flexibility index (Phi) is 3.11. The molecule has 4 heterocycles. The quantitative estimate of drug-likeness (QED) is 0.243. The third-order valence-corrected chi connectivity index (χ3v) is 7.88. The van der Waals surface area contributed by atoms with E-state index in [1.807, 2.05) is 24.5 Å². The molecule has 0 saturated heterocycles. The summed E-state index contributed by atoms with van der Waals surface area (Å²) in [6.45, 7) is 0. The molecule has 0 radical (unpaired) electrons. The molecule has 0 N–H and O–H groups in total. The summed E-state index contributed by atoms with van der Waals surface area (Å²) in [7, 11) is 0.